The number of aryl methyl sites for hydroxylation is 1. The summed E-state index contributed by atoms with van der Waals surface area (Å²) >= 11 is 6.03. The summed E-state index contributed by atoms with van der Waals surface area (Å²) in [6.45, 7) is 3.53. The molecule has 9 heteroatoms. The van der Waals surface area contributed by atoms with Crippen LogP contribution in [-0.2, 0) is 7.05 Å². The van der Waals surface area contributed by atoms with Gasteiger partial charge in [-0.15, -0.1) is 0 Å². The Hall–Kier alpha value is -2.81. The van der Waals surface area contributed by atoms with Gasteiger partial charge in [-0.25, -0.2) is 9.97 Å². The zero-order chi connectivity index (χ0) is 22.0. The standard InChI is InChI=1S/C22H25ClN6O2/c1-22(7-9-29(14-30)10-8-22)27-21(31)19-11-18(15-3-5-17(23)6-4-15)25-20(26-19)16-12-24-28(2)13-16/h3-6,11-13,30H,7-10,14H2,1-2H3,(H,27,31). The fraction of sp³-hybridized carbons (Fsp3) is 0.364. The summed E-state index contributed by atoms with van der Waals surface area (Å²) in [5, 5.41) is 17.3. The maximum atomic E-state index is 13.2. The van der Waals surface area contributed by atoms with Gasteiger partial charge >= 0.3 is 0 Å². The number of likely N-dealkylation sites (tertiary alicyclic amines) is 1. The van der Waals surface area contributed by atoms with Crippen molar-refractivity contribution < 1.29 is 9.90 Å². The van der Waals surface area contributed by atoms with E-state index in [1.54, 1.807) is 29.1 Å². The summed E-state index contributed by atoms with van der Waals surface area (Å²) in [4.78, 5) is 24.3. The number of piperidine rings is 1. The number of aromatic nitrogens is 4. The Morgan fingerprint density at radius 3 is 2.52 bits per heavy atom. The highest BCUT2D eigenvalue weighted by Gasteiger charge is 2.32. The molecule has 0 radical (unpaired) electrons. The molecule has 4 rings (SSSR count). The van der Waals surface area contributed by atoms with E-state index in [2.05, 4.69) is 20.4 Å². The SMILES string of the molecule is Cn1cc(-c2nc(C(=O)NC3(C)CCN(CO)CC3)cc(-c3ccc(Cl)cc3)n2)cn1. The monoisotopic (exact) mass is 440 g/mol. The van der Waals surface area contributed by atoms with Gasteiger partial charge in [0.25, 0.3) is 5.91 Å². The van der Waals surface area contributed by atoms with Gasteiger partial charge in [0, 0.05) is 42.5 Å². The average molecular weight is 441 g/mol. The van der Waals surface area contributed by atoms with Crippen LogP contribution in [0.4, 0.5) is 0 Å². The van der Waals surface area contributed by atoms with E-state index in [1.807, 2.05) is 37.2 Å². The third-order valence-corrected chi connectivity index (χ3v) is 5.89. The molecule has 0 spiro atoms. The number of nitrogens with one attached hydrogen (secondary N) is 1. The van der Waals surface area contributed by atoms with Crippen molar-refractivity contribution in [2.75, 3.05) is 19.8 Å². The molecule has 1 aliphatic rings. The summed E-state index contributed by atoms with van der Waals surface area (Å²) in [6, 6.07) is 9.01. The summed E-state index contributed by atoms with van der Waals surface area (Å²) in [7, 11) is 1.82. The van der Waals surface area contributed by atoms with Crippen molar-refractivity contribution in [2.45, 2.75) is 25.3 Å². The molecule has 3 aromatic rings. The van der Waals surface area contributed by atoms with E-state index in [9.17, 15) is 9.90 Å². The highest BCUT2D eigenvalue weighted by Crippen LogP contribution is 2.25. The number of nitrogens with zero attached hydrogens (tertiary/aromatic N) is 5. The van der Waals surface area contributed by atoms with Crippen LogP contribution in [0.15, 0.2) is 42.7 Å². The van der Waals surface area contributed by atoms with Crippen molar-refractivity contribution in [3.05, 3.63) is 53.4 Å². The van der Waals surface area contributed by atoms with Crippen LogP contribution in [0.3, 0.4) is 0 Å². The van der Waals surface area contributed by atoms with Gasteiger partial charge in [-0.05, 0) is 38.0 Å². The van der Waals surface area contributed by atoms with Crippen LogP contribution in [0.2, 0.25) is 5.02 Å². The van der Waals surface area contributed by atoms with E-state index in [4.69, 9.17) is 11.6 Å². The number of hydrogen-bond acceptors (Lipinski definition) is 6. The zero-order valence-corrected chi connectivity index (χ0v) is 18.3. The van der Waals surface area contributed by atoms with Gasteiger partial charge in [-0.1, -0.05) is 23.7 Å². The van der Waals surface area contributed by atoms with Crippen molar-refractivity contribution in [1.82, 2.24) is 30.0 Å². The molecule has 3 heterocycles. The Balaban J connectivity index is 1.66. The normalized spacial score (nSPS) is 16.3. The highest BCUT2D eigenvalue weighted by molar-refractivity contribution is 6.30. The fourth-order valence-electron chi connectivity index (χ4n) is 3.65. The van der Waals surface area contributed by atoms with Crippen LogP contribution in [-0.4, -0.2) is 61.0 Å². The van der Waals surface area contributed by atoms with Gasteiger partial charge in [0.2, 0.25) is 0 Å². The van der Waals surface area contributed by atoms with E-state index in [1.165, 1.54) is 0 Å². The van der Waals surface area contributed by atoms with Crippen LogP contribution in [0.5, 0.6) is 0 Å². The summed E-state index contributed by atoms with van der Waals surface area (Å²) in [5.74, 6) is 0.189. The lowest BCUT2D eigenvalue weighted by Crippen LogP contribution is -2.53. The first-order valence-corrected chi connectivity index (χ1v) is 10.5. The number of hydrogen-bond donors (Lipinski definition) is 2. The molecule has 0 atom stereocenters. The molecule has 2 aromatic heterocycles. The smallest absolute Gasteiger partial charge is 0.270 e. The molecule has 1 saturated heterocycles. The number of amides is 1. The minimum atomic E-state index is -0.359. The molecule has 8 nitrogen and oxygen atoms in total. The first-order valence-electron chi connectivity index (χ1n) is 10.1. The molecule has 162 valence electrons. The van der Waals surface area contributed by atoms with E-state index in [0.717, 1.165) is 37.1 Å². The largest absolute Gasteiger partial charge is 0.381 e. The number of carbonyl (C=O) groups excluding carboxylic acids is 1. The summed E-state index contributed by atoms with van der Waals surface area (Å²) in [6.07, 6.45) is 5.00. The predicted octanol–water partition coefficient (Wildman–Crippen LogP) is 2.73. The number of halogens is 1. The third kappa shape index (κ3) is 4.92. The molecule has 1 fully saturated rings. The van der Waals surface area contributed by atoms with Gasteiger partial charge in [-0.3, -0.25) is 14.4 Å². The van der Waals surface area contributed by atoms with Crippen LogP contribution >= 0.6 is 11.6 Å². The lowest BCUT2D eigenvalue weighted by molar-refractivity contribution is 0.0552. The number of aliphatic hydroxyl groups is 1. The molecule has 0 bridgehead atoms. The molecule has 0 unspecified atom stereocenters. The fourth-order valence-corrected chi connectivity index (χ4v) is 3.77. The Bertz CT molecular complexity index is 1070. The maximum Gasteiger partial charge on any atom is 0.270 e. The molecule has 31 heavy (non-hydrogen) atoms. The van der Waals surface area contributed by atoms with Crippen molar-refractivity contribution in [3.8, 4) is 22.6 Å². The zero-order valence-electron chi connectivity index (χ0n) is 17.5. The first kappa shape index (κ1) is 21.4. The van der Waals surface area contributed by atoms with Gasteiger partial charge in [0.1, 0.15) is 5.69 Å². The second-order valence-corrected chi connectivity index (χ2v) is 8.58. The van der Waals surface area contributed by atoms with E-state index < -0.39 is 0 Å². The van der Waals surface area contributed by atoms with Gasteiger partial charge < -0.3 is 10.4 Å². The second-order valence-electron chi connectivity index (χ2n) is 8.15. The summed E-state index contributed by atoms with van der Waals surface area (Å²) < 4.78 is 1.67. The quantitative estimate of drug-likeness (QED) is 0.633. The molecule has 2 N–H and O–H groups in total. The number of aliphatic hydroxyl groups excluding tert-OH is 1. The van der Waals surface area contributed by atoms with E-state index in [-0.39, 0.29) is 18.2 Å². The van der Waals surface area contributed by atoms with E-state index in [0.29, 0.717) is 22.2 Å². The van der Waals surface area contributed by atoms with Crippen LogP contribution in [0.25, 0.3) is 22.6 Å². The Morgan fingerprint density at radius 2 is 1.90 bits per heavy atom. The first-order chi connectivity index (χ1) is 14.8. The topological polar surface area (TPSA) is 96.2 Å². The van der Waals surface area contributed by atoms with Crippen LogP contribution < -0.4 is 5.32 Å². The maximum absolute atomic E-state index is 13.2. The van der Waals surface area contributed by atoms with Crippen LogP contribution in [0.1, 0.15) is 30.3 Å². The second kappa shape index (κ2) is 8.74. The molecule has 1 aliphatic heterocycles. The summed E-state index contributed by atoms with van der Waals surface area (Å²) in [5.41, 5.74) is 2.15. The lowest BCUT2D eigenvalue weighted by Gasteiger charge is -2.39. The molecule has 1 aromatic carbocycles. The Kier molecular flexibility index (Phi) is 6.04. The number of carbonyl (C=O) groups is 1. The van der Waals surface area contributed by atoms with Gasteiger partial charge in [0.15, 0.2) is 5.82 Å². The van der Waals surface area contributed by atoms with Crippen molar-refractivity contribution >= 4 is 17.5 Å². The Labute approximate surface area is 185 Å². The average Bonchev–Trinajstić information content (AvgIpc) is 3.21. The highest BCUT2D eigenvalue weighted by atomic mass is 35.5. The van der Waals surface area contributed by atoms with Gasteiger partial charge in [-0.2, -0.15) is 5.10 Å². The molecule has 0 aliphatic carbocycles. The minimum absolute atomic E-state index is 0.0366. The molecule has 0 saturated carbocycles. The predicted molar refractivity (Wildman–Crippen MR) is 118 cm³/mol. The van der Waals surface area contributed by atoms with Crippen LogP contribution in [0, 0.1) is 0 Å². The molecular weight excluding hydrogens is 416 g/mol. The van der Waals surface area contributed by atoms with Crippen molar-refractivity contribution in [2.24, 2.45) is 7.05 Å². The minimum Gasteiger partial charge on any atom is -0.381 e. The molecule has 1 amide bonds. The Morgan fingerprint density at radius 1 is 1.19 bits per heavy atom. The van der Waals surface area contributed by atoms with Gasteiger partial charge in [0.05, 0.1) is 24.2 Å². The van der Waals surface area contributed by atoms with Crippen molar-refractivity contribution in [3.63, 3.8) is 0 Å². The third-order valence-electron chi connectivity index (χ3n) is 5.64. The lowest BCUT2D eigenvalue weighted by atomic mass is 9.89. The van der Waals surface area contributed by atoms with E-state index >= 15 is 0 Å². The molecular formula is C22H25ClN6O2. The number of benzene rings is 1. The van der Waals surface area contributed by atoms with Crippen molar-refractivity contribution in [1.29, 1.82) is 0 Å². The number of rotatable bonds is 5.